The molecule has 2 heterocycles. The summed E-state index contributed by atoms with van der Waals surface area (Å²) in [6.45, 7) is 0.480. The van der Waals surface area contributed by atoms with Crippen LogP contribution in [-0.4, -0.2) is 23.4 Å². The van der Waals surface area contributed by atoms with Crippen molar-refractivity contribution in [2.24, 2.45) is 0 Å². The van der Waals surface area contributed by atoms with Crippen molar-refractivity contribution in [1.82, 2.24) is 10.3 Å². The SMILES string of the molecule is O=C(Nc1ccnc(Oc2ccccc2)c1)C(=O)N[C@H]1CCOc2ccccc21. The van der Waals surface area contributed by atoms with E-state index >= 15 is 0 Å². The number of para-hydroxylation sites is 2. The van der Waals surface area contributed by atoms with Crippen LogP contribution in [0.4, 0.5) is 5.69 Å². The molecule has 0 radical (unpaired) electrons. The second-order valence-electron chi connectivity index (χ2n) is 6.45. The van der Waals surface area contributed by atoms with E-state index in [0.717, 1.165) is 11.3 Å². The summed E-state index contributed by atoms with van der Waals surface area (Å²) < 4.78 is 11.2. The average Bonchev–Trinajstić information content (AvgIpc) is 2.75. The van der Waals surface area contributed by atoms with Gasteiger partial charge in [0.1, 0.15) is 11.5 Å². The summed E-state index contributed by atoms with van der Waals surface area (Å²) in [4.78, 5) is 28.9. The lowest BCUT2D eigenvalue weighted by atomic mass is 10.0. The molecule has 3 aromatic rings. The number of rotatable bonds is 4. The zero-order valence-electron chi connectivity index (χ0n) is 15.5. The Labute approximate surface area is 167 Å². The number of nitrogens with one attached hydrogen (secondary N) is 2. The molecular formula is C22H19N3O4. The number of hydrogen-bond donors (Lipinski definition) is 2. The Bertz CT molecular complexity index is 1020. The van der Waals surface area contributed by atoms with Gasteiger partial charge in [-0.05, 0) is 24.3 Å². The Balaban J connectivity index is 1.39. The highest BCUT2D eigenvalue weighted by Crippen LogP contribution is 2.31. The summed E-state index contributed by atoms with van der Waals surface area (Å²) in [6, 6.07) is 19.5. The molecule has 0 spiro atoms. The Kier molecular flexibility index (Phi) is 5.38. The molecule has 29 heavy (non-hydrogen) atoms. The summed E-state index contributed by atoms with van der Waals surface area (Å²) in [5.41, 5.74) is 1.28. The second-order valence-corrected chi connectivity index (χ2v) is 6.45. The summed E-state index contributed by atoms with van der Waals surface area (Å²) in [5.74, 6) is 0.188. The van der Waals surface area contributed by atoms with Gasteiger partial charge in [-0.1, -0.05) is 36.4 Å². The fraction of sp³-hybridized carbons (Fsp3) is 0.136. The molecule has 0 unspecified atom stereocenters. The second kappa shape index (κ2) is 8.43. The Morgan fingerprint density at radius 2 is 1.79 bits per heavy atom. The zero-order valence-corrected chi connectivity index (χ0v) is 15.5. The molecule has 1 aliphatic rings. The van der Waals surface area contributed by atoms with E-state index in [4.69, 9.17) is 9.47 Å². The number of nitrogens with zero attached hydrogens (tertiary/aromatic N) is 1. The fourth-order valence-electron chi connectivity index (χ4n) is 3.06. The van der Waals surface area contributed by atoms with Crippen LogP contribution in [0.25, 0.3) is 0 Å². The molecule has 0 saturated carbocycles. The van der Waals surface area contributed by atoms with E-state index in [2.05, 4.69) is 15.6 Å². The molecule has 146 valence electrons. The standard InChI is InChI=1S/C22H19N3O4/c26-21(22(27)25-18-11-13-28-19-9-5-4-8-17(18)19)24-15-10-12-23-20(14-15)29-16-6-2-1-3-7-16/h1-10,12,14,18H,11,13H2,(H,25,27)(H,23,24,26)/t18-/m0/s1. The first-order chi connectivity index (χ1) is 14.2. The number of aromatic nitrogens is 1. The topological polar surface area (TPSA) is 89.5 Å². The highest BCUT2D eigenvalue weighted by atomic mass is 16.5. The molecule has 0 saturated heterocycles. The van der Waals surface area contributed by atoms with Crippen LogP contribution in [0.15, 0.2) is 72.9 Å². The molecule has 1 aromatic heterocycles. The van der Waals surface area contributed by atoms with Gasteiger partial charge in [-0.3, -0.25) is 9.59 Å². The van der Waals surface area contributed by atoms with Crippen LogP contribution in [-0.2, 0) is 9.59 Å². The van der Waals surface area contributed by atoms with Crippen molar-refractivity contribution >= 4 is 17.5 Å². The molecular weight excluding hydrogens is 370 g/mol. The van der Waals surface area contributed by atoms with Gasteiger partial charge in [0, 0.05) is 29.9 Å². The quantitative estimate of drug-likeness (QED) is 0.667. The number of ether oxygens (including phenoxy) is 2. The summed E-state index contributed by atoms with van der Waals surface area (Å²) in [6.07, 6.45) is 2.10. The smallest absolute Gasteiger partial charge is 0.313 e. The predicted molar refractivity (Wildman–Crippen MR) is 107 cm³/mol. The van der Waals surface area contributed by atoms with Gasteiger partial charge in [0.15, 0.2) is 0 Å². The fourth-order valence-corrected chi connectivity index (χ4v) is 3.06. The number of anilines is 1. The molecule has 7 nitrogen and oxygen atoms in total. The number of hydrogen-bond acceptors (Lipinski definition) is 5. The summed E-state index contributed by atoms with van der Waals surface area (Å²) >= 11 is 0. The van der Waals surface area contributed by atoms with Crippen molar-refractivity contribution in [2.75, 3.05) is 11.9 Å². The molecule has 2 amide bonds. The van der Waals surface area contributed by atoms with E-state index in [1.807, 2.05) is 42.5 Å². The van der Waals surface area contributed by atoms with Gasteiger partial charge in [-0.25, -0.2) is 4.98 Å². The van der Waals surface area contributed by atoms with E-state index in [1.54, 1.807) is 24.3 Å². The van der Waals surface area contributed by atoms with Gasteiger partial charge in [0.2, 0.25) is 5.88 Å². The van der Waals surface area contributed by atoms with Crippen LogP contribution < -0.4 is 20.1 Å². The first kappa shape index (κ1) is 18.5. The summed E-state index contributed by atoms with van der Waals surface area (Å²) in [7, 11) is 0. The first-order valence-electron chi connectivity index (χ1n) is 9.21. The molecule has 7 heteroatoms. The van der Waals surface area contributed by atoms with Crippen LogP contribution in [0.1, 0.15) is 18.0 Å². The van der Waals surface area contributed by atoms with E-state index in [-0.39, 0.29) is 6.04 Å². The van der Waals surface area contributed by atoms with Crippen LogP contribution in [0.3, 0.4) is 0 Å². The third-order valence-electron chi connectivity index (χ3n) is 4.43. The monoisotopic (exact) mass is 389 g/mol. The number of carbonyl (C=O) groups is 2. The normalized spacial score (nSPS) is 14.8. The average molecular weight is 389 g/mol. The van der Waals surface area contributed by atoms with Crippen LogP contribution in [0.5, 0.6) is 17.4 Å². The number of benzene rings is 2. The maximum Gasteiger partial charge on any atom is 0.313 e. The minimum absolute atomic E-state index is 0.271. The van der Waals surface area contributed by atoms with Crippen molar-refractivity contribution < 1.29 is 19.1 Å². The molecule has 1 aliphatic heterocycles. The molecule has 0 bridgehead atoms. The third-order valence-corrected chi connectivity index (χ3v) is 4.43. The van der Waals surface area contributed by atoms with E-state index < -0.39 is 11.8 Å². The van der Waals surface area contributed by atoms with Gasteiger partial charge in [-0.15, -0.1) is 0 Å². The molecule has 2 aromatic carbocycles. The van der Waals surface area contributed by atoms with Gasteiger partial charge in [0.05, 0.1) is 12.6 Å². The Hall–Kier alpha value is -3.87. The molecule has 4 rings (SSSR count). The third kappa shape index (κ3) is 4.52. The minimum atomic E-state index is -0.758. The highest BCUT2D eigenvalue weighted by Gasteiger charge is 2.25. The van der Waals surface area contributed by atoms with E-state index in [1.165, 1.54) is 6.20 Å². The van der Waals surface area contributed by atoms with E-state index in [0.29, 0.717) is 30.3 Å². The number of amides is 2. The largest absolute Gasteiger partial charge is 0.493 e. The lowest BCUT2D eigenvalue weighted by molar-refractivity contribution is -0.136. The molecule has 0 aliphatic carbocycles. The number of fused-ring (bicyclic) bond motifs is 1. The van der Waals surface area contributed by atoms with Crippen LogP contribution in [0, 0.1) is 0 Å². The first-order valence-corrected chi connectivity index (χ1v) is 9.21. The summed E-state index contributed by atoms with van der Waals surface area (Å²) in [5, 5.41) is 5.35. The lowest BCUT2D eigenvalue weighted by Crippen LogP contribution is -2.39. The van der Waals surface area contributed by atoms with Crippen molar-refractivity contribution in [2.45, 2.75) is 12.5 Å². The zero-order chi connectivity index (χ0) is 20.1. The lowest BCUT2D eigenvalue weighted by Gasteiger charge is -2.26. The predicted octanol–water partition coefficient (Wildman–Crippen LogP) is 3.45. The molecule has 2 N–H and O–H groups in total. The maximum absolute atomic E-state index is 12.4. The van der Waals surface area contributed by atoms with Crippen LogP contribution >= 0.6 is 0 Å². The Morgan fingerprint density at radius 3 is 2.66 bits per heavy atom. The van der Waals surface area contributed by atoms with Gasteiger partial charge < -0.3 is 20.1 Å². The van der Waals surface area contributed by atoms with Gasteiger partial charge >= 0.3 is 11.8 Å². The van der Waals surface area contributed by atoms with Crippen molar-refractivity contribution in [3.05, 3.63) is 78.5 Å². The molecule has 0 fully saturated rings. The van der Waals surface area contributed by atoms with Crippen molar-refractivity contribution in [3.8, 4) is 17.4 Å². The van der Waals surface area contributed by atoms with Crippen LogP contribution in [0.2, 0.25) is 0 Å². The maximum atomic E-state index is 12.4. The highest BCUT2D eigenvalue weighted by molar-refractivity contribution is 6.39. The van der Waals surface area contributed by atoms with Gasteiger partial charge in [0.25, 0.3) is 0 Å². The van der Waals surface area contributed by atoms with Crippen molar-refractivity contribution in [1.29, 1.82) is 0 Å². The molecule has 1 atom stereocenters. The van der Waals surface area contributed by atoms with Gasteiger partial charge in [-0.2, -0.15) is 0 Å². The minimum Gasteiger partial charge on any atom is -0.493 e. The van der Waals surface area contributed by atoms with Crippen molar-refractivity contribution in [3.63, 3.8) is 0 Å². The number of carbonyl (C=O) groups excluding carboxylic acids is 2. The number of pyridine rings is 1. The van der Waals surface area contributed by atoms with E-state index in [9.17, 15) is 9.59 Å². The Morgan fingerprint density at radius 1 is 1.00 bits per heavy atom.